The van der Waals surface area contributed by atoms with Gasteiger partial charge in [0.15, 0.2) is 0 Å². The first-order chi connectivity index (χ1) is 9.52. The largest absolute Gasteiger partial charge is 0.330 e. The lowest BCUT2D eigenvalue weighted by Gasteiger charge is -2.19. The van der Waals surface area contributed by atoms with E-state index in [9.17, 15) is 0 Å². The molecule has 0 saturated heterocycles. The number of nitrogens with two attached hydrogens (primary N) is 2. The molecule has 0 aromatic rings. The van der Waals surface area contributed by atoms with Crippen LogP contribution in [-0.2, 0) is 0 Å². The van der Waals surface area contributed by atoms with E-state index in [1.165, 1.54) is 19.3 Å². The maximum atomic E-state index is 6.06. The Bertz CT molecular complexity index is 267. The Morgan fingerprint density at radius 2 is 1.65 bits per heavy atom. The highest BCUT2D eigenvalue weighted by Crippen LogP contribution is 2.18. The van der Waals surface area contributed by atoms with Gasteiger partial charge in [0, 0.05) is 6.04 Å². The molecule has 0 spiro atoms. The monoisotopic (exact) mass is 280 g/mol. The fourth-order valence-electron chi connectivity index (χ4n) is 1.96. The summed E-state index contributed by atoms with van der Waals surface area (Å²) in [4.78, 5) is 0. The summed E-state index contributed by atoms with van der Waals surface area (Å²) in [6.45, 7) is 7.38. The van der Waals surface area contributed by atoms with Crippen LogP contribution in [0.1, 0.15) is 72.1 Å². The molecular formula is C18H36N2. The van der Waals surface area contributed by atoms with Crippen molar-refractivity contribution in [3.8, 4) is 0 Å². The average molecular weight is 280 g/mol. The number of unbranched alkanes of at least 4 members (excludes halogenated alkanes) is 3. The second-order valence-corrected chi connectivity index (χ2v) is 6.58. The number of allylic oxidation sites excluding steroid dienone is 3. The molecule has 0 rings (SSSR count). The molecule has 1 unspecified atom stereocenters. The molecule has 2 nitrogen and oxygen atoms in total. The smallest absolute Gasteiger partial charge is 0.00734 e. The van der Waals surface area contributed by atoms with Crippen LogP contribution in [0.3, 0.4) is 0 Å². The maximum absolute atomic E-state index is 6.06. The molecule has 0 heterocycles. The molecule has 0 radical (unpaired) electrons. The predicted molar refractivity (Wildman–Crippen MR) is 91.7 cm³/mol. The van der Waals surface area contributed by atoms with Gasteiger partial charge < -0.3 is 11.5 Å². The molecule has 0 amide bonds. The van der Waals surface area contributed by atoms with Crippen molar-refractivity contribution in [2.45, 2.75) is 78.2 Å². The molecular weight excluding hydrogens is 244 g/mol. The number of hydrogen-bond acceptors (Lipinski definition) is 2. The number of rotatable bonds is 12. The molecule has 118 valence electrons. The van der Waals surface area contributed by atoms with Crippen molar-refractivity contribution in [2.24, 2.45) is 16.9 Å². The minimum Gasteiger partial charge on any atom is -0.330 e. The Balaban J connectivity index is 3.54. The fraction of sp³-hybridized carbons (Fsp3) is 0.778. The van der Waals surface area contributed by atoms with Crippen molar-refractivity contribution in [1.29, 1.82) is 0 Å². The van der Waals surface area contributed by atoms with Crippen LogP contribution < -0.4 is 11.5 Å². The van der Waals surface area contributed by atoms with E-state index < -0.39 is 0 Å². The lowest BCUT2D eigenvalue weighted by atomic mass is 9.89. The molecule has 0 aliphatic rings. The topological polar surface area (TPSA) is 52.0 Å². The van der Waals surface area contributed by atoms with Crippen LogP contribution in [0.25, 0.3) is 0 Å². The van der Waals surface area contributed by atoms with Crippen LogP contribution in [0.2, 0.25) is 0 Å². The Kier molecular flexibility index (Phi) is 11.8. The van der Waals surface area contributed by atoms with Crippen molar-refractivity contribution in [1.82, 2.24) is 0 Å². The summed E-state index contributed by atoms with van der Waals surface area (Å²) in [5.41, 5.74) is 12.0. The van der Waals surface area contributed by atoms with E-state index in [2.05, 4.69) is 45.1 Å². The lowest BCUT2D eigenvalue weighted by molar-refractivity contribution is 0.384. The normalized spacial score (nSPS) is 14.4. The van der Waals surface area contributed by atoms with E-state index in [4.69, 9.17) is 11.5 Å². The van der Waals surface area contributed by atoms with Crippen LogP contribution in [0.5, 0.6) is 0 Å². The zero-order chi connectivity index (χ0) is 15.3. The third kappa shape index (κ3) is 12.4. The Morgan fingerprint density at radius 1 is 1.00 bits per heavy atom. The molecule has 0 aromatic carbocycles. The van der Waals surface area contributed by atoms with Crippen LogP contribution in [-0.4, -0.2) is 12.6 Å². The highest BCUT2D eigenvalue weighted by atomic mass is 14.6. The van der Waals surface area contributed by atoms with Gasteiger partial charge in [0.25, 0.3) is 0 Å². The Hall–Kier alpha value is -0.600. The standard InChI is InChI=1S/C18H36N2/c1-4-5-10-13-17(20)14-11-8-6-7-9-12-15-18(2,3)16-19/h8-9,11-12,17H,4-7,10,13-16,19-20H2,1-3H3. The first kappa shape index (κ1) is 19.4. The van der Waals surface area contributed by atoms with Gasteiger partial charge in [0.05, 0.1) is 0 Å². The Morgan fingerprint density at radius 3 is 2.25 bits per heavy atom. The van der Waals surface area contributed by atoms with Crippen LogP contribution in [0, 0.1) is 5.41 Å². The fourth-order valence-corrected chi connectivity index (χ4v) is 1.96. The van der Waals surface area contributed by atoms with Gasteiger partial charge in [0.2, 0.25) is 0 Å². The zero-order valence-electron chi connectivity index (χ0n) is 13.9. The molecule has 0 aliphatic carbocycles. The summed E-state index contributed by atoms with van der Waals surface area (Å²) in [5, 5.41) is 0. The Labute approximate surface area is 126 Å². The molecule has 1 atom stereocenters. The molecule has 4 N–H and O–H groups in total. The van der Waals surface area contributed by atoms with E-state index in [0.717, 1.165) is 38.6 Å². The van der Waals surface area contributed by atoms with Gasteiger partial charge in [-0.1, -0.05) is 64.3 Å². The van der Waals surface area contributed by atoms with Crippen molar-refractivity contribution in [3.05, 3.63) is 24.3 Å². The van der Waals surface area contributed by atoms with E-state index >= 15 is 0 Å². The van der Waals surface area contributed by atoms with Crippen molar-refractivity contribution >= 4 is 0 Å². The third-order valence-corrected chi connectivity index (χ3v) is 3.67. The summed E-state index contributed by atoms with van der Waals surface area (Å²) in [5.74, 6) is 0. The molecule has 20 heavy (non-hydrogen) atoms. The molecule has 0 aliphatic heterocycles. The first-order valence-electron chi connectivity index (χ1n) is 8.27. The van der Waals surface area contributed by atoms with Gasteiger partial charge in [-0.25, -0.2) is 0 Å². The predicted octanol–water partition coefficient (Wildman–Crippen LogP) is 4.55. The number of hydrogen-bond donors (Lipinski definition) is 2. The minimum atomic E-state index is 0.234. The summed E-state index contributed by atoms with van der Waals surface area (Å²) in [6, 6.07) is 0.346. The maximum Gasteiger partial charge on any atom is 0.00734 e. The van der Waals surface area contributed by atoms with Gasteiger partial charge in [-0.2, -0.15) is 0 Å². The SMILES string of the molecule is CCCCCC(N)CC=CCCC=CCC(C)(C)CN. The molecule has 0 saturated carbocycles. The summed E-state index contributed by atoms with van der Waals surface area (Å²) in [6.07, 6.45) is 18.4. The molecule has 0 fully saturated rings. The third-order valence-electron chi connectivity index (χ3n) is 3.67. The zero-order valence-corrected chi connectivity index (χ0v) is 13.9. The quantitative estimate of drug-likeness (QED) is 0.407. The second kappa shape index (κ2) is 12.2. The average Bonchev–Trinajstić information content (AvgIpc) is 2.42. The second-order valence-electron chi connectivity index (χ2n) is 6.58. The summed E-state index contributed by atoms with van der Waals surface area (Å²) < 4.78 is 0. The molecule has 2 heteroatoms. The van der Waals surface area contributed by atoms with E-state index in [1.54, 1.807) is 0 Å². The van der Waals surface area contributed by atoms with Gasteiger partial charge in [-0.05, 0) is 44.1 Å². The van der Waals surface area contributed by atoms with Gasteiger partial charge in [-0.15, -0.1) is 0 Å². The van der Waals surface area contributed by atoms with Crippen molar-refractivity contribution < 1.29 is 0 Å². The van der Waals surface area contributed by atoms with Crippen LogP contribution in [0.15, 0.2) is 24.3 Å². The van der Waals surface area contributed by atoms with Gasteiger partial charge in [-0.3, -0.25) is 0 Å². The van der Waals surface area contributed by atoms with Crippen LogP contribution >= 0.6 is 0 Å². The minimum absolute atomic E-state index is 0.234. The van der Waals surface area contributed by atoms with Crippen LogP contribution in [0.4, 0.5) is 0 Å². The highest BCUT2D eigenvalue weighted by Gasteiger charge is 2.12. The summed E-state index contributed by atoms with van der Waals surface area (Å²) >= 11 is 0. The lowest BCUT2D eigenvalue weighted by Crippen LogP contribution is -2.22. The molecule has 0 bridgehead atoms. The highest BCUT2D eigenvalue weighted by molar-refractivity contribution is 4.91. The first-order valence-corrected chi connectivity index (χ1v) is 8.27. The van der Waals surface area contributed by atoms with Gasteiger partial charge >= 0.3 is 0 Å². The van der Waals surface area contributed by atoms with E-state index in [0.29, 0.717) is 6.04 Å². The van der Waals surface area contributed by atoms with Crippen molar-refractivity contribution in [3.63, 3.8) is 0 Å². The van der Waals surface area contributed by atoms with Crippen molar-refractivity contribution in [2.75, 3.05) is 6.54 Å². The van der Waals surface area contributed by atoms with E-state index in [1.807, 2.05) is 0 Å². The van der Waals surface area contributed by atoms with E-state index in [-0.39, 0.29) is 5.41 Å². The molecule has 0 aromatic heterocycles. The van der Waals surface area contributed by atoms with Gasteiger partial charge in [0.1, 0.15) is 0 Å². The summed E-state index contributed by atoms with van der Waals surface area (Å²) in [7, 11) is 0.